The van der Waals surface area contributed by atoms with Gasteiger partial charge in [-0.05, 0) is 37.4 Å². The number of allylic oxidation sites excluding steroid dienone is 1. The Hall–Kier alpha value is -4.12. The van der Waals surface area contributed by atoms with E-state index < -0.39 is 11.6 Å². The first-order valence-electron chi connectivity index (χ1n) is 14.3. The molecule has 2 N–H and O–H groups in total. The molecule has 13 heteroatoms. The molecule has 4 fully saturated rings. The smallest absolute Gasteiger partial charge is 0.324 e. The van der Waals surface area contributed by atoms with Crippen LogP contribution < -0.4 is 15.4 Å². The van der Waals surface area contributed by atoms with Gasteiger partial charge in [0.25, 0.3) is 0 Å². The van der Waals surface area contributed by atoms with E-state index in [1.54, 1.807) is 6.26 Å². The summed E-state index contributed by atoms with van der Waals surface area (Å²) in [5.41, 5.74) is 8.90. The van der Waals surface area contributed by atoms with Crippen molar-refractivity contribution in [1.29, 1.82) is 5.26 Å². The van der Waals surface area contributed by atoms with Crippen LogP contribution in [0.15, 0.2) is 18.2 Å². The van der Waals surface area contributed by atoms with E-state index in [0.29, 0.717) is 16.8 Å². The van der Waals surface area contributed by atoms with E-state index in [1.165, 1.54) is 0 Å². The van der Waals surface area contributed by atoms with Crippen LogP contribution in [0.3, 0.4) is 0 Å². The lowest BCUT2D eigenvalue weighted by Crippen LogP contribution is -2.68. The van der Waals surface area contributed by atoms with Gasteiger partial charge in [-0.2, -0.15) is 15.2 Å². The SMILES string of the molecule is CN1CC2CC(C1)N2c1nc(O/C=C2\CCCN2C)nc2c(F)c(-c3ncc(F)c4sc(N)c(C#N)c34)c3c(c12)COC3. The number of pyridine rings is 1. The monoisotopic (exact) mass is 602 g/mol. The maximum Gasteiger partial charge on any atom is 0.324 e. The van der Waals surface area contributed by atoms with Gasteiger partial charge in [-0.25, -0.2) is 8.78 Å². The molecule has 220 valence electrons. The van der Waals surface area contributed by atoms with Gasteiger partial charge in [0.05, 0.1) is 40.8 Å². The molecule has 1 aromatic carbocycles. The van der Waals surface area contributed by atoms with Crippen LogP contribution in [0.25, 0.3) is 32.2 Å². The van der Waals surface area contributed by atoms with Crippen molar-refractivity contribution in [3.8, 4) is 23.3 Å². The summed E-state index contributed by atoms with van der Waals surface area (Å²) in [5.74, 6) is -0.629. The Morgan fingerprint density at radius 1 is 1.16 bits per heavy atom. The summed E-state index contributed by atoms with van der Waals surface area (Å²) in [5, 5.41) is 10.8. The first-order valence-corrected chi connectivity index (χ1v) is 15.1. The highest BCUT2D eigenvalue weighted by atomic mass is 32.1. The minimum atomic E-state index is -0.643. The molecule has 2 bridgehead atoms. The number of hydrogen-bond acceptors (Lipinski definition) is 11. The number of nitriles is 1. The normalized spacial score (nSPS) is 22.4. The molecule has 5 aliphatic heterocycles. The summed E-state index contributed by atoms with van der Waals surface area (Å²) in [6.45, 7) is 3.05. The Labute approximate surface area is 249 Å². The molecule has 2 unspecified atom stereocenters. The number of nitrogen functional groups attached to an aromatic ring is 1. The zero-order valence-electron chi connectivity index (χ0n) is 23.7. The molecule has 5 aliphatic rings. The van der Waals surface area contributed by atoms with E-state index in [1.807, 2.05) is 7.05 Å². The number of anilines is 2. The minimum Gasteiger partial charge on any atom is -0.430 e. The van der Waals surface area contributed by atoms with Crippen molar-refractivity contribution in [2.75, 3.05) is 44.4 Å². The second-order valence-electron chi connectivity index (χ2n) is 11.7. The molecule has 0 saturated carbocycles. The number of likely N-dealkylation sites (N-methyl/N-ethyl adjacent to an activating group) is 1. The molecule has 43 heavy (non-hydrogen) atoms. The van der Waals surface area contributed by atoms with E-state index in [9.17, 15) is 9.65 Å². The standard InChI is InChI=1S/C30H28F2N8O2S/c1-38-9-15-6-16(10-38)40(15)29-23-19-13-41-12-18(19)21(25-22-17(7-33)28(34)43-27(22)20(31)8-35-25)24(32)26(23)36-30(37-29)42-11-14-4-3-5-39(14)2/h8,11,15-16H,3-6,9-10,12-13,34H2,1-2H3/b14-11+. The highest BCUT2D eigenvalue weighted by Crippen LogP contribution is 2.48. The zero-order valence-corrected chi connectivity index (χ0v) is 24.5. The Bertz CT molecular complexity index is 1910. The van der Waals surface area contributed by atoms with Gasteiger partial charge in [0, 0.05) is 55.4 Å². The number of rotatable bonds is 4. The molecule has 9 rings (SSSR count). The Morgan fingerprint density at radius 3 is 2.70 bits per heavy atom. The number of likely N-dealkylation sites (tertiary alicyclic amines) is 1. The number of nitrogens with zero attached hydrogens (tertiary/aromatic N) is 7. The number of thiophene rings is 1. The van der Waals surface area contributed by atoms with Crippen molar-refractivity contribution in [3.05, 3.63) is 46.5 Å². The second kappa shape index (κ2) is 9.70. The number of hydrogen-bond donors (Lipinski definition) is 1. The van der Waals surface area contributed by atoms with Gasteiger partial charge < -0.3 is 29.9 Å². The van der Waals surface area contributed by atoms with Crippen LogP contribution >= 0.6 is 11.3 Å². The fourth-order valence-electron chi connectivity index (χ4n) is 7.13. The van der Waals surface area contributed by atoms with Crippen molar-refractivity contribution >= 4 is 43.1 Å². The second-order valence-corrected chi connectivity index (χ2v) is 12.8. The molecule has 0 spiro atoms. The Kier molecular flexibility index (Phi) is 5.98. The molecular weight excluding hydrogens is 574 g/mol. The number of piperidine rings is 1. The lowest BCUT2D eigenvalue weighted by molar-refractivity contribution is 0.134. The van der Waals surface area contributed by atoms with Gasteiger partial charge >= 0.3 is 6.01 Å². The van der Waals surface area contributed by atoms with Gasteiger partial charge in [-0.1, -0.05) is 0 Å². The van der Waals surface area contributed by atoms with Crippen LogP contribution in [-0.2, 0) is 18.0 Å². The van der Waals surface area contributed by atoms with Crippen molar-refractivity contribution in [3.63, 3.8) is 0 Å². The number of benzene rings is 1. The molecule has 10 nitrogen and oxygen atoms in total. The van der Waals surface area contributed by atoms with Crippen molar-refractivity contribution in [2.24, 2.45) is 0 Å². The maximum atomic E-state index is 17.1. The zero-order chi connectivity index (χ0) is 29.6. The van der Waals surface area contributed by atoms with E-state index >= 15 is 4.39 Å². The fourth-order valence-corrected chi connectivity index (χ4v) is 8.05. The highest BCUT2D eigenvalue weighted by Gasteiger charge is 2.46. The largest absolute Gasteiger partial charge is 0.430 e. The van der Waals surface area contributed by atoms with E-state index in [2.05, 4.69) is 37.8 Å². The van der Waals surface area contributed by atoms with Gasteiger partial charge in [0.1, 0.15) is 28.7 Å². The first kappa shape index (κ1) is 26.5. The topological polar surface area (TPSA) is 117 Å². The van der Waals surface area contributed by atoms with Gasteiger partial charge in [-0.15, -0.1) is 11.3 Å². The predicted octanol–water partition coefficient (Wildman–Crippen LogP) is 4.51. The molecule has 4 saturated heterocycles. The van der Waals surface area contributed by atoms with E-state index in [-0.39, 0.29) is 68.7 Å². The molecule has 0 amide bonds. The molecule has 2 atom stereocenters. The van der Waals surface area contributed by atoms with Crippen LogP contribution in [0, 0.1) is 23.0 Å². The van der Waals surface area contributed by atoms with Crippen LogP contribution in [-0.4, -0.2) is 70.6 Å². The number of halogens is 2. The van der Waals surface area contributed by atoms with Crippen molar-refractivity contribution in [1.82, 2.24) is 24.8 Å². The van der Waals surface area contributed by atoms with Gasteiger partial charge in [0.15, 0.2) is 11.6 Å². The summed E-state index contributed by atoms with van der Waals surface area (Å²) in [6, 6.07) is 2.58. The molecular formula is C30H28F2N8O2S. The van der Waals surface area contributed by atoms with Crippen LogP contribution in [0.1, 0.15) is 36.0 Å². The average Bonchev–Trinajstić information content (AvgIpc) is 3.71. The van der Waals surface area contributed by atoms with Gasteiger partial charge in [-0.3, -0.25) is 4.98 Å². The number of piperazine rings is 1. The van der Waals surface area contributed by atoms with Crippen molar-refractivity contribution < 1.29 is 18.3 Å². The van der Waals surface area contributed by atoms with Crippen molar-refractivity contribution in [2.45, 2.75) is 44.6 Å². The number of fused-ring (bicyclic) bond motifs is 6. The fraction of sp³-hybridized carbons (Fsp3) is 0.400. The Balaban J connectivity index is 1.39. The molecule has 3 aromatic heterocycles. The number of nitrogens with two attached hydrogens (primary N) is 1. The molecule has 0 aliphatic carbocycles. The lowest BCUT2D eigenvalue weighted by Gasteiger charge is -2.56. The Morgan fingerprint density at radius 2 is 1.95 bits per heavy atom. The molecule has 4 aromatic rings. The van der Waals surface area contributed by atoms with Crippen LogP contribution in [0.5, 0.6) is 6.01 Å². The average molecular weight is 603 g/mol. The minimum absolute atomic E-state index is 0.0482. The highest BCUT2D eigenvalue weighted by molar-refractivity contribution is 7.23. The quantitative estimate of drug-likeness (QED) is 0.335. The summed E-state index contributed by atoms with van der Waals surface area (Å²) < 4.78 is 44.1. The predicted molar refractivity (Wildman–Crippen MR) is 158 cm³/mol. The van der Waals surface area contributed by atoms with E-state index in [4.69, 9.17) is 20.2 Å². The summed E-state index contributed by atoms with van der Waals surface area (Å²) in [6.07, 6.45) is 5.63. The third kappa shape index (κ3) is 3.90. The van der Waals surface area contributed by atoms with Crippen LogP contribution in [0.2, 0.25) is 0 Å². The van der Waals surface area contributed by atoms with Crippen LogP contribution in [0.4, 0.5) is 19.6 Å². The third-order valence-electron chi connectivity index (χ3n) is 9.14. The van der Waals surface area contributed by atoms with E-state index in [0.717, 1.165) is 67.7 Å². The maximum absolute atomic E-state index is 17.1. The first-order chi connectivity index (χ1) is 20.8. The van der Waals surface area contributed by atoms with Gasteiger partial charge in [0.2, 0.25) is 0 Å². The molecule has 8 heterocycles. The summed E-state index contributed by atoms with van der Waals surface area (Å²) >= 11 is 0.949. The molecule has 0 radical (unpaired) electrons. The summed E-state index contributed by atoms with van der Waals surface area (Å²) in [7, 11) is 4.11. The third-order valence-corrected chi connectivity index (χ3v) is 10.2. The number of aromatic nitrogens is 3. The lowest BCUT2D eigenvalue weighted by atomic mass is 9.86. The summed E-state index contributed by atoms with van der Waals surface area (Å²) in [4.78, 5) is 20.5. The number of ether oxygens (including phenoxy) is 2.